The molecule has 0 radical (unpaired) electrons. The monoisotopic (exact) mass is 410 g/mol. The van der Waals surface area contributed by atoms with E-state index in [1.54, 1.807) is 42.3 Å². The number of rotatable bonds is 6. The van der Waals surface area contributed by atoms with Crippen molar-refractivity contribution in [3.8, 4) is 17.2 Å². The summed E-state index contributed by atoms with van der Waals surface area (Å²) in [5.74, 6) is 2.01. The maximum absolute atomic E-state index is 12.4. The highest BCUT2D eigenvalue weighted by Gasteiger charge is 2.19. The molecule has 0 bridgehead atoms. The van der Waals surface area contributed by atoms with Crippen molar-refractivity contribution < 1.29 is 19.0 Å². The third kappa shape index (κ3) is 4.70. The number of amides is 2. The highest BCUT2D eigenvalue weighted by atomic mass is 35.5. The second kappa shape index (κ2) is 8.59. The van der Waals surface area contributed by atoms with Gasteiger partial charge in [-0.2, -0.15) is 0 Å². The van der Waals surface area contributed by atoms with Gasteiger partial charge in [0, 0.05) is 23.2 Å². The Kier molecular flexibility index (Phi) is 6.19. The molecule has 1 unspecified atom stereocenters. The Balaban J connectivity index is 1.47. The van der Waals surface area contributed by atoms with Crippen LogP contribution in [-0.2, 0) is 0 Å². The van der Waals surface area contributed by atoms with Crippen molar-refractivity contribution >= 4 is 29.2 Å². The molecule has 27 heavy (non-hydrogen) atoms. The fourth-order valence-electron chi connectivity index (χ4n) is 2.64. The van der Waals surface area contributed by atoms with E-state index >= 15 is 0 Å². The molecule has 0 saturated carbocycles. The highest BCUT2D eigenvalue weighted by Crippen LogP contribution is 2.35. The number of hydrogen-bond donors (Lipinski definition) is 1. The first-order valence-corrected chi connectivity index (χ1v) is 9.19. The van der Waals surface area contributed by atoms with Gasteiger partial charge in [-0.05, 0) is 36.8 Å². The Morgan fingerprint density at radius 2 is 2.00 bits per heavy atom. The molecule has 1 N–H and O–H groups in total. The van der Waals surface area contributed by atoms with Crippen LogP contribution in [0.15, 0.2) is 36.4 Å². The molecule has 3 rings (SSSR count). The maximum atomic E-state index is 12.4. The summed E-state index contributed by atoms with van der Waals surface area (Å²) in [5, 5.41) is 3.91. The van der Waals surface area contributed by atoms with Crippen molar-refractivity contribution in [2.75, 3.05) is 27.0 Å². The van der Waals surface area contributed by atoms with Crippen LogP contribution in [0.2, 0.25) is 10.0 Å². The van der Waals surface area contributed by atoms with E-state index in [9.17, 15) is 4.79 Å². The van der Waals surface area contributed by atoms with Gasteiger partial charge in [0.1, 0.15) is 12.4 Å². The fraction of sp³-hybridized carbons (Fsp3) is 0.316. The average Bonchev–Trinajstić information content (AvgIpc) is 3.11. The SMILES string of the molecule is CC(c1ccc(Cl)cc1Cl)N(C)C(=O)NCCOc1ccc2c(c1)OCO2. The molecule has 2 amide bonds. The van der Waals surface area contributed by atoms with Crippen LogP contribution in [0.3, 0.4) is 0 Å². The second-order valence-electron chi connectivity index (χ2n) is 6.05. The molecule has 2 aromatic rings. The predicted molar refractivity (Wildman–Crippen MR) is 104 cm³/mol. The zero-order valence-corrected chi connectivity index (χ0v) is 16.5. The molecule has 1 atom stereocenters. The van der Waals surface area contributed by atoms with E-state index in [1.807, 2.05) is 13.0 Å². The third-order valence-electron chi connectivity index (χ3n) is 4.30. The number of carbonyl (C=O) groups is 1. The third-order valence-corrected chi connectivity index (χ3v) is 4.87. The van der Waals surface area contributed by atoms with Crippen molar-refractivity contribution in [1.29, 1.82) is 0 Å². The molecule has 2 aromatic carbocycles. The van der Waals surface area contributed by atoms with Gasteiger partial charge in [-0.15, -0.1) is 0 Å². The Morgan fingerprint density at radius 1 is 1.22 bits per heavy atom. The lowest BCUT2D eigenvalue weighted by Gasteiger charge is -2.26. The topological polar surface area (TPSA) is 60.0 Å². The van der Waals surface area contributed by atoms with E-state index < -0.39 is 0 Å². The molecule has 8 heteroatoms. The molecule has 1 heterocycles. The number of nitrogens with one attached hydrogen (secondary N) is 1. The van der Waals surface area contributed by atoms with Crippen LogP contribution in [0, 0.1) is 0 Å². The lowest BCUT2D eigenvalue weighted by atomic mass is 10.1. The van der Waals surface area contributed by atoms with Crippen LogP contribution in [-0.4, -0.2) is 37.9 Å². The zero-order valence-electron chi connectivity index (χ0n) is 15.0. The largest absolute Gasteiger partial charge is 0.492 e. The number of ether oxygens (including phenoxy) is 3. The van der Waals surface area contributed by atoms with Crippen LogP contribution in [0.1, 0.15) is 18.5 Å². The molecule has 144 valence electrons. The number of hydrogen-bond acceptors (Lipinski definition) is 4. The minimum Gasteiger partial charge on any atom is -0.492 e. The van der Waals surface area contributed by atoms with Crippen LogP contribution >= 0.6 is 23.2 Å². The molecule has 6 nitrogen and oxygen atoms in total. The number of benzene rings is 2. The van der Waals surface area contributed by atoms with E-state index in [2.05, 4.69) is 5.32 Å². The molecule has 0 spiro atoms. The van der Waals surface area contributed by atoms with Crippen molar-refractivity contribution in [2.24, 2.45) is 0 Å². The standard InChI is InChI=1S/C19H20Cl2N2O4/c1-12(15-5-3-13(20)9-16(15)21)23(2)19(24)22-7-8-25-14-4-6-17-18(10-14)27-11-26-17/h3-6,9-10,12H,7-8,11H2,1-2H3,(H,22,24). The van der Waals surface area contributed by atoms with Gasteiger partial charge in [0.05, 0.1) is 12.6 Å². The highest BCUT2D eigenvalue weighted by molar-refractivity contribution is 6.35. The van der Waals surface area contributed by atoms with Crippen molar-refractivity contribution in [3.63, 3.8) is 0 Å². The van der Waals surface area contributed by atoms with Gasteiger partial charge in [0.25, 0.3) is 0 Å². The number of fused-ring (bicyclic) bond motifs is 1. The smallest absolute Gasteiger partial charge is 0.317 e. The summed E-state index contributed by atoms with van der Waals surface area (Å²) >= 11 is 12.1. The molecule has 1 aliphatic rings. The van der Waals surface area contributed by atoms with Gasteiger partial charge in [-0.3, -0.25) is 0 Å². The summed E-state index contributed by atoms with van der Waals surface area (Å²) in [6.07, 6.45) is 0. The van der Waals surface area contributed by atoms with E-state index in [0.717, 1.165) is 5.56 Å². The first kappa shape index (κ1) is 19.5. The molecule has 0 aromatic heterocycles. The number of nitrogens with zero attached hydrogens (tertiary/aromatic N) is 1. The summed E-state index contributed by atoms with van der Waals surface area (Å²) < 4.78 is 16.2. The summed E-state index contributed by atoms with van der Waals surface area (Å²) in [4.78, 5) is 13.9. The fourth-order valence-corrected chi connectivity index (χ4v) is 3.21. The number of urea groups is 1. The van der Waals surface area contributed by atoms with Crippen LogP contribution < -0.4 is 19.5 Å². The predicted octanol–water partition coefficient (Wildman–Crippen LogP) is 4.50. The van der Waals surface area contributed by atoms with Gasteiger partial charge in [0.15, 0.2) is 11.5 Å². The summed E-state index contributed by atoms with van der Waals surface area (Å²) in [6, 6.07) is 10.2. The van der Waals surface area contributed by atoms with Gasteiger partial charge < -0.3 is 24.4 Å². The molecule has 0 saturated heterocycles. The Hall–Kier alpha value is -2.31. The normalized spacial score (nSPS) is 13.2. The number of halogens is 2. The van der Waals surface area contributed by atoms with E-state index in [1.165, 1.54) is 0 Å². The van der Waals surface area contributed by atoms with Gasteiger partial charge in [0.2, 0.25) is 6.79 Å². The van der Waals surface area contributed by atoms with Gasteiger partial charge >= 0.3 is 6.03 Å². The van der Waals surface area contributed by atoms with Gasteiger partial charge in [-0.1, -0.05) is 29.3 Å². The quantitative estimate of drug-likeness (QED) is 0.711. The van der Waals surface area contributed by atoms with Crippen LogP contribution in [0.4, 0.5) is 4.79 Å². The van der Waals surface area contributed by atoms with Crippen LogP contribution in [0.5, 0.6) is 17.2 Å². The second-order valence-corrected chi connectivity index (χ2v) is 6.89. The van der Waals surface area contributed by atoms with Crippen LogP contribution in [0.25, 0.3) is 0 Å². The van der Waals surface area contributed by atoms with E-state index in [0.29, 0.717) is 40.4 Å². The van der Waals surface area contributed by atoms with Crippen molar-refractivity contribution in [2.45, 2.75) is 13.0 Å². The molecular weight excluding hydrogens is 391 g/mol. The molecule has 0 fully saturated rings. The Morgan fingerprint density at radius 3 is 2.78 bits per heavy atom. The Bertz CT molecular complexity index is 831. The minimum atomic E-state index is -0.220. The lowest BCUT2D eigenvalue weighted by molar-refractivity contribution is 0.173. The average molecular weight is 411 g/mol. The lowest BCUT2D eigenvalue weighted by Crippen LogP contribution is -2.40. The number of carbonyl (C=O) groups excluding carboxylic acids is 1. The Labute approximate surface area is 167 Å². The molecule has 1 aliphatic heterocycles. The summed E-state index contributed by atoms with van der Waals surface area (Å²) in [7, 11) is 1.71. The molecular formula is C19H20Cl2N2O4. The molecule has 0 aliphatic carbocycles. The van der Waals surface area contributed by atoms with E-state index in [-0.39, 0.29) is 18.9 Å². The summed E-state index contributed by atoms with van der Waals surface area (Å²) in [6.45, 7) is 2.81. The van der Waals surface area contributed by atoms with Crippen molar-refractivity contribution in [3.05, 3.63) is 52.0 Å². The first-order valence-electron chi connectivity index (χ1n) is 8.44. The maximum Gasteiger partial charge on any atom is 0.317 e. The first-order chi connectivity index (χ1) is 13.0. The van der Waals surface area contributed by atoms with E-state index in [4.69, 9.17) is 37.4 Å². The minimum absolute atomic E-state index is 0.204. The zero-order chi connectivity index (χ0) is 19.4. The van der Waals surface area contributed by atoms with Gasteiger partial charge in [-0.25, -0.2) is 4.79 Å². The van der Waals surface area contributed by atoms with Crippen molar-refractivity contribution in [1.82, 2.24) is 10.2 Å². The summed E-state index contributed by atoms with van der Waals surface area (Å²) in [5.41, 5.74) is 0.829.